The van der Waals surface area contributed by atoms with Gasteiger partial charge in [-0.05, 0) is 47.6 Å². The van der Waals surface area contributed by atoms with E-state index in [0.29, 0.717) is 23.0 Å². The Hall–Kier alpha value is -0.810. The minimum atomic E-state index is -0.724. The Balaban J connectivity index is 3.10. The number of phenols is 1. The molecule has 0 saturated heterocycles. The van der Waals surface area contributed by atoms with E-state index in [9.17, 15) is 9.50 Å². The zero-order valence-corrected chi connectivity index (χ0v) is 10.2. The van der Waals surface area contributed by atoms with Crippen LogP contribution < -0.4 is 10.1 Å². The summed E-state index contributed by atoms with van der Waals surface area (Å²) in [4.78, 5) is 0. The first kappa shape index (κ1) is 12.3. The molecule has 0 aliphatic carbocycles. The van der Waals surface area contributed by atoms with Gasteiger partial charge in [-0.25, -0.2) is 0 Å². The van der Waals surface area contributed by atoms with Gasteiger partial charge in [0.05, 0.1) is 11.6 Å². The molecule has 0 radical (unpaired) electrons. The van der Waals surface area contributed by atoms with E-state index in [-0.39, 0.29) is 11.5 Å². The molecule has 1 aromatic carbocycles. The van der Waals surface area contributed by atoms with Gasteiger partial charge in [0.2, 0.25) is 5.82 Å². The van der Waals surface area contributed by atoms with Crippen molar-refractivity contribution in [2.24, 2.45) is 0 Å². The minimum absolute atomic E-state index is 0.0284. The maximum atomic E-state index is 13.5. The van der Waals surface area contributed by atoms with Crippen molar-refractivity contribution >= 4 is 15.9 Å². The molecule has 1 aromatic rings. The molecule has 0 atom stereocenters. The summed E-state index contributed by atoms with van der Waals surface area (Å²) in [5, 5.41) is 12.5. The number of ether oxygens (including phenoxy) is 1. The molecule has 0 amide bonds. The lowest BCUT2D eigenvalue weighted by Gasteiger charge is -2.10. The highest BCUT2D eigenvalue weighted by Crippen LogP contribution is 2.36. The van der Waals surface area contributed by atoms with E-state index in [4.69, 9.17) is 4.74 Å². The third-order valence-corrected chi connectivity index (χ3v) is 2.67. The molecule has 84 valence electrons. The molecule has 0 fully saturated rings. The van der Waals surface area contributed by atoms with Gasteiger partial charge >= 0.3 is 0 Å². The summed E-state index contributed by atoms with van der Waals surface area (Å²) >= 11 is 3.19. The van der Waals surface area contributed by atoms with Crippen LogP contribution >= 0.6 is 15.9 Å². The fourth-order valence-corrected chi connectivity index (χ4v) is 1.89. The molecule has 3 nitrogen and oxygen atoms in total. The van der Waals surface area contributed by atoms with Gasteiger partial charge in [-0.2, -0.15) is 4.39 Å². The molecule has 0 saturated carbocycles. The van der Waals surface area contributed by atoms with Crippen molar-refractivity contribution < 1.29 is 14.2 Å². The number of nitrogens with one attached hydrogen (secondary N) is 1. The number of likely N-dealkylation sites (N-methyl/N-ethyl adjacent to an activating group) is 1. The molecule has 0 aromatic heterocycles. The smallest absolute Gasteiger partial charge is 0.208 e. The molecule has 0 aliphatic heterocycles. The number of phenolic OH excluding ortho intramolecular Hbond substituents is 1. The van der Waals surface area contributed by atoms with Gasteiger partial charge < -0.3 is 15.2 Å². The summed E-state index contributed by atoms with van der Waals surface area (Å²) in [6.45, 7) is 0.672. The summed E-state index contributed by atoms with van der Waals surface area (Å²) in [5.41, 5.74) is 0.550. The number of halogens is 2. The van der Waals surface area contributed by atoms with Crippen LogP contribution in [0.3, 0.4) is 0 Å². The van der Waals surface area contributed by atoms with E-state index in [2.05, 4.69) is 21.2 Å². The van der Waals surface area contributed by atoms with Crippen molar-refractivity contribution in [3.63, 3.8) is 0 Å². The van der Waals surface area contributed by atoms with Gasteiger partial charge in [-0.15, -0.1) is 0 Å². The van der Waals surface area contributed by atoms with Gasteiger partial charge in [0.1, 0.15) is 0 Å². The first-order chi connectivity index (χ1) is 7.11. The summed E-state index contributed by atoms with van der Waals surface area (Å²) in [5.74, 6) is -1.04. The Labute approximate surface area is 96.4 Å². The molecule has 15 heavy (non-hydrogen) atoms. The topological polar surface area (TPSA) is 41.5 Å². The Bertz CT molecular complexity index is 358. The monoisotopic (exact) mass is 277 g/mol. The normalized spacial score (nSPS) is 10.4. The van der Waals surface area contributed by atoms with Crippen molar-refractivity contribution in [1.29, 1.82) is 0 Å². The lowest BCUT2D eigenvalue weighted by Crippen LogP contribution is -2.10. The van der Waals surface area contributed by atoms with E-state index in [1.54, 1.807) is 13.1 Å². The van der Waals surface area contributed by atoms with Crippen LogP contribution in [0.5, 0.6) is 11.5 Å². The van der Waals surface area contributed by atoms with Gasteiger partial charge in [-0.1, -0.05) is 0 Å². The van der Waals surface area contributed by atoms with Crippen molar-refractivity contribution in [3.05, 3.63) is 21.9 Å². The second kappa shape index (κ2) is 5.32. The zero-order chi connectivity index (χ0) is 11.4. The van der Waals surface area contributed by atoms with Crippen molar-refractivity contribution in [3.8, 4) is 11.5 Å². The summed E-state index contributed by atoms with van der Waals surface area (Å²) in [7, 11) is 3.15. The Morgan fingerprint density at radius 1 is 1.60 bits per heavy atom. The van der Waals surface area contributed by atoms with Crippen LogP contribution in [-0.4, -0.2) is 25.8 Å². The second-order valence-electron chi connectivity index (χ2n) is 3.07. The van der Waals surface area contributed by atoms with E-state index in [1.165, 1.54) is 7.11 Å². The van der Waals surface area contributed by atoms with Crippen LogP contribution in [0.4, 0.5) is 4.39 Å². The molecule has 0 heterocycles. The average molecular weight is 278 g/mol. The standard InChI is InChI=1S/C10H13BrFNO2/c1-13-4-3-6-5-7(11)10(15-2)8(12)9(6)14/h5,13-14H,3-4H2,1-2H3. The molecule has 0 bridgehead atoms. The maximum absolute atomic E-state index is 13.5. The first-order valence-corrected chi connectivity index (χ1v) is 5.29. The Kier molecular flexibility index (Phi) is 4.35. The SMILES string of the molecule is CNCCc1cc(Br)c(OC)c(F)c1O. The van der Waals surface area contributed by atoms with Crippen LogP contribution in [0.2, 0.25) is 0 Å². The minimum Gasteiger partial charge on any atom is -0.505 e. The van der Waals surface area contributed by atoms with Crippen molar-refractivity contribution in [2.75, 3.05) is 20.7 Å². The first-order valence-electron chi connectivity index (χ1n) is 4.50. The van der Waals surface area contributed by atoms with Crippen molar-refractivity contribution in [1.82, 2.24) is 5.32 Å². The van der Waals surface area contributed by atoms with Crippen LogP contribution in [0.15, 0.2) is 10.5 Å². The van der Waals surface area contributed by atoms with Gasteiger partial charge in [0.25, 0.3) is 0 Å². The largest absolute Gasteiger partial charge is 0.505 e. The summed E-state index contributed by atoms with van der Waals surface area (Å²) < 4.78 is 18.8. The molecule has 0 unspecified atom stereocenters. The molecular weight excluding hydrogens is 265 g/mol. The van der Waals surface area contributed by atoms with Gasteiger partial charge in [0, 0.05) is 0 Å². The van der Waals surface area contributed by atoms with E-state index in [0.717, 1.165) is 0 Å². The molecule has 0 aliphatic rings. The number of rotatable bonds is 4. The molecule has 2 N–H and O–H groups in total. The molecule has 5 heteroatoms. The molecular formula is C10H13BrFNO2. The number of benzene rings is 1. The third kappa shape index (κ3) is 2.60. The van der Waals surface area contributed by atoms with Crippen molar-refractivity contribution in [2.45, 2.75) is 6.42 Å². The predicted octanol–water partition coefficient (Wildman–Crippen LogP) is 2.06. The number of hydrogen-bond donors (Lipinski definition) is 2. The molecule has 0 spiro atoms. The van der Waals surface area contributed by atoms with Crippen LogP contribution in [0.25, 0.3) is 0 Å². The highest BCUT2D eigenvalue weighted by molar-refractivity contribution is 9.10. The lowest BCUT2D eigenvalue weighted by atomic mass is 10.1. The fourth-order valence-electron chi connectivity index (χ4n) is 1.28. The van der Waals surface area contributed by atoms with Crippen LogP contribution in [-0.2, 0) is 6.42 Å². The van der Waals surface area contributed by atoms with E-state index >= 15 is 0 Å². The van der Waals surface area contributed by atoms with E-state index < -0.39 is 5.82 Å². The quantitative estimate of drug-likeness (QED) is 0.885. The number of hydrogen-bond acceptors (Lipinski definition) is 3. The zero-order valence-electron chi connectivity index (χ0n) is 8.60. The highest BCUT2D eigenvalue weighted by atomic mass is 79.9. The summed E-state index contributed by atoms with van der Waals surface area (Å²) in [6.07, 6.45) is 0.557. The maximum Gasteiger partial charge on any atom is 0.208 e. The van der Waals surface area contributed by atoms with Gasteiger partial charge in [-0.3, -0.25) is 0 Å². The Morgan fingerprint density at radius 3 is 2.80 bits per heavy atom. The number of aromatic hydroxyl groups is 1. The lowest BCUT2D eigenvalue weighted by molar-refractivity contribution is 0.359. The van der Waals surface area contributed by atoms with Crippen LogP contribution in [0.1, 0.15) is 5.56 Å². The fraction of sp³-hybridized carbons (Fsp3) is 0.400. The Morgan fingerprint density at radius 2 is 2.27 bits per heavy atom. The predicted molar refractivity (Wildman–Crippen MR) is 59.9 cm³/mol. The third-order valence-electron chi connectivity index (χ3n) is 2.08. The highest BCUT2D eigenvalue weighted by Gasteiger charge is 2.16. The average Bonchev–Trinajstić information content (AvgIpc) is 2.22. The number of methoxy groups -OCH3 is 1. The van der Waals surface area contributed by atoms with E-state index in [1.807, 2.05) is 0 Å². The summed E-state index contributed by atoms with van der Waals surface area (Å²) in [6, 6.07) is 1.66. The van der Waals surface area contributed by atoms with Gasteiger partial charge in [0.15, 0.2) is 11.5 Å². The molecule has 1 rings (SSSR count). The van der Waals surface area contributed by atoms with Crippen LogP contribution in [0, 0.1) is 5.82 Å². The second-order valence-corrected chi connectivity index (χ2v) is 3.92.